The van der Waals surface area contributed by atoms with Crippen LogP contribution in [0.4, 0.5) is 0 Å². The van der Waals surface area contributed by atoms with Crippen molar-refractivity contribution >= 4 is 11.3 Å². The van der Waals surface area contributed by atoms with Gasteiger partial charge in [0.15, 0.2) is 11.5 Å². The van der Waals surface area contributed by atoms with Crippen LogP contribution < -0.4 is 14.8 Å². The van der Waals surface area contributed by atoms with E-state index >= 15 is 0 Å². The molecule has 0 saturated carbocycles. The van der Waals surface area contributed by atoms with Crippen molar-refractivity contribution in [3.63, 3.8) is 0 Å². The van der Waals surface area contributed by atoms with E-state index in [0.29, 0.717) is 12.6 Å². The summed E-state index contributed by atoms with van der Waals surface area (Å²) in [4.78, 5) is 1.20. The maximum absolute atomic E-state index is 5.91. The van der Waals surface area contributed by atoms with Gasteiger partial charge in [-0.15, -0.1) is 11.3 Å². The number of hydrogen-bond donors (Lipinski definition) is 1. The second kappa shape index (κ2) is 7.98. The minimum Gasteiger partial charge on any atom is -0.493 e. The van der Waals surface area contributed by atoms with Crippen LogP contribution in [-0.2, 0) is 19.6 Å². The summed E-state index contributed by atoms with van der Waals surface area (Å²) in [6.07, 6.45) is 5.15. The lowest BCUT2D eigenvalue weighted by Crippen LogP contribution is -2.24. The number of methoxy groups -OCH3 is 1. The molecule has 0 bridgehead atoms. The number of fused-ring (bicyclic) bond motifs is 1. The summed E-state index contributed by atoms with van der Waals surface area (Å²) in [6.45, 7) is 1.35. The van der Waals surface area contributed by atoms with Crippen LogP contribution in [0.25, 0.3) is 0 Å². The molecule has 4 nitrogen and oxygen atoms in total. The maximum atomic E-state index is 5.91. The summed E-state index contributed by atoms with van der Waals surface area (Å²) in [7, 11) is 1.68. The van der Waals surface area contributed by atoms with Gasteiger partial charge in [-0.1, -0.05) is 12.1 Å². The number of hydrogen-bond acceptors (Lipinski definition) is 5. The molecule has 0 saturated heterocycles. The fourth-order valence-corrected chi connectivity index (χ4v) is 4.04. The Morgan fingerprint density at radius 3 is 3.04 bits per heavy atom. The van der Waals surface area contributed by atoms with Crippen LogP contribution in [0.15, 0.2) is 52.5 Å². The van der Waals surface area contributed by atoms with Crippen LogP contribution >= 0.6 is 11.3 Å². The number of aryl methyl sites for hydroxylation is 1. The molecular formula is C21H23NO3S. The van der Waals surface area contributed by atoms with E-state index in [1.807, 2.05) is 12.1 Å². The van der Waals surface area contributed by atoms with Crippen molar-refractivity contribution in [1.82, 2.24) is 5.32 Å². The lowest BCUT2D eigenvalue weighted by atomic mass is 9.93. The zero-order valence-electron chi connectivity index (χ0n) is 14.9. The van der Waals surface area contributed by atoms with E-state index in [4.69, 9.17) is 13.9 Å². The molecule has 0 spiro atoms. The molecule has 0 radical (unpaired) electrons. The van der Waals surface area contributed by atoms with Crippen molar-refractivity contribution < 1.29 is 13.9 Å². The zero-order valence-corrected chi connectivity index (χ0v) is 15.7. The quantitative estimate of drug-likeness (QED) is 0.629. The standard InChI is InChI=1S/C21H23NO3S/c1-23-21-12-15(7-8-20(21)25-14-16-4-3-11-26-16)13-22-18-5-2-6-19-17(18)9-10-24-19/h3-4,7-12,18,22H,2,5-6,13-14H2,1H3. The van der Waals surface area contributed by atoms with Crippen LogP contribution in [0.3, 0.4) is 0 Å². The lowest BCUT2D eigenvalue weighted by Gasteiger charge is -2.23. The highest BCUT2D eigenvalue weighted by molar-refractivity contribution is 7.09. The number of furan rings is 1. The number of ether oxygens (including phenoxy) is 2. The third-order valence-corrected chi connectivity index (χ3v) is 5.63. The van der Waals surface area contributed by atoms with Gasteiger partial charge in [0.1, 0.15) is 12.4 Å². The highest BCUT2D eigenvalue weighted by Gasteiger charge is 2.22. The molecule has 2 aromatic heterocycles. The van der Waals surface area contributed by atoms with Crippen molar-refractivity contribution in [1.29, 1.82) is 0 Å². The Morgan fingerprint density at radius 2 is 2.19 bits per heavy atom. The van der Waals surface area contributed by atoms with Gasteiger partial charge in [0.05, 0.1) is 13.4 Å². The molecule has 1 atom stereocenters. The van der Waals surface area contributed by atoms with Gasteiger partial charge in [-0.25, -0.2) is 0 Å². The Morgan fingerprint density at radius 1 is 1.23 bits per heavy atom. The van der Waals surface area contributed by atoms with E-state index in [0.717, 1.165) is 43.1 Å². The molecule has 1 aliphatic rings. The highest BCUT2D eigenvalue weighted by atomic mass is 32.1. The van der Waals surface area contributed by atoms with Gasteiger partial charge >= 0.3 is 0 Å². The van der Waals surface area contributed by atoms with Gasteiger partial charge in [0.25, 0.3) is 0 Å². The summed E-state index contributed by atoms with van der Waals surface area (Å²) in [5.41, 5.74) is 2.49. The van der Waals surface area contributed by atoms with E-state index in [9.17, 15) is 0 Å². The molecule has 0 fully saturated rings. The largest absolute Gasteiger partial charge is 0.493 e. The normalized spacial score (nSPS) is 16.3. The third-order valence-electron chi connectivity index (χ3n) is 4.78. The minimum absolute atomic E-state index is 0.359. The van der Waals surface area contributed by atoms with Crippen molar-refractivity contribution in [3.8, 4) is 11.5 Å². The molecule has 0 amide bonds. The van der Waals surface area contributed by atoms with Gasteiger partial charge in [0.2, 0.25) is 0 Å². The minimum atomic E-state index is 0.359. The molecule has 1 aliphatic carbocycles. The fraction of sp³-hybridized carbons (Fsp3) is 0.333. The monoisotopic (exact) mass is 369 g/mol. The van der Waals surface area contributed by atoms with Gasteiger partial charge in [0, 0.05) is 29.4 Å². The highest BCUT2D eigenvalue weighted by Crippen LogP contribution is 2.32. The Labute approximate surface area is 157 Å². The van der Waals surface area contributed by atoms with Crippen LogP contribution in [0.1, 0.15) is 40.6 Å². The predicted molar refractivity (Wildman–Crippen MR) is 103 cm³/mol. The molecule has 26 heavy (non-hydrogen) atoms. The van der Waals surface area contributed by atoms with Crippen LogP contribution in [-0.4, -0.2) is 7.11 Å². The average molecular weight is 369 g/mol. The first-order valence-electron chi connectivity index (χ1n) is 8.95. The number of thiophene rings is 1. The van der Waals surface area contributed by atoms with E-state index in [2.05, 4.69) is 35.0 Å². The number of nitrogens with one attached hydrogen (secondary N) is 1. The predicted octanol–water partition coefficient (Wildman–Crippen LogP) is 5.10. The Hall–Kier alpha value is -2.24. The molecule has 1 aromatic carbocycles. The lowest BCUT2D eigenvalue weighted by molar-refractivity contribution is 0.287. The van der Waals surface area contributed by atoms with Crippen molar-refractivity contribution in [2.24, 2.45) is 0 Å². The van der Waals surface area contributed by atoms with Crippen LogP contribution in [0, 0.1) is 0 Å². The topological polar surface area (TPSA) is 43.6 Å². The van der Waals surface area contributed by atoms with Gasteiger partial charge in [-0.3, -0.25) is 0 Å². The molecule has 0 aliphatic heterocycles. The van der Waals surface area contributed by atoms with E-state index in [1.54, 1.807) is 24.7 Å². The summed E-state index contributed by atoms with van der Waals surface area (Å²) in [5, 5.41) is 5.71. The number of benzene rings is 1. The molecule has 2 heterocycles. The van der Waals surface area contributed by atoms with E-state index in [-0.39, 0.29) is 0 Å². The Kier molecular flexibility index (Phi) is 5.27. The maximum Gasteiger partial charge on any atom is 0.161 e. The molecule has 4 rings (SSSR count). The molecule has 3 aromatic rings. The summed E-state index contributed by atoms with van der Waals surface area (Å²) in [6, 6.07) is 12.7. The fourth-order valence-electron chi connectivity index (χ4n) is 3.42. The first kappa shape index (κ1) is 17.2. The van der Waals surface area contributed by atoms with Gasteiger partial charge in [-0.2, -0.15) is 0 Å². The van der Waals surface area contributed by atoms with E-state index < -0.39 is 0 Å². The first-order valence-corrected chi connectivity index (χ1v) is 9.83. The zero-order chi connectivity index (χ0) is 17.8. The van der Waals surface area contributed by atoms with Crippen LogP contribution in [0.2, 0.25) is 0 Å². The third kappa shape index (κ3) is 3.79. The molecule has 136 valence electrons. The first-order chi connectivity index (χ1) is 12.8. The molecular weight excluding hydrogens is 346 g/mol. The SMILES string of the molecule is COc1cc(CNC2CCCc3occc32)ccc1OCc1cccs1. The molecule has 5 heteroatoms. The van der Waals surface area contributed by atoms with Gasteiger partial charge in [-0.05, 0) is 48.1 Å². The van der Waals surface area contributed by atoms with Gasteiger partial charge < -0.3 is 19.2 Å². The summed E-state index contributed by atoms with van der Waals surface area (Å²) in [5.74, 6) is 2.68. The summed E-state index contributed by atoms with van der Waals surface area (Å²) >= 11 is 1.69. The van der Waals surface area contributed by atoms with Crippen LogP contribution in [0.5, 0.6) is 11.5 Å². The van der Waals surface area contributed by atoms with E-state index in [1.165, 1.54) is 16.0 Å². The summed E-state index contributed by atoms with van der Waals surface area (Å²) < 4.78 is 17.0. The Bertz CT molecular complexity index is 841. The number of rotatable bonds is 7. The van der Waals surface area contributed by atoms with Crippen molar-refractivity contribution in [2.45, 2.75) is 38.5 Å². The second-order valence-electron chi connectivity index (χ2n) is 6.48. The van der Waals surface area contributed by atoms with Crippen molar-refractivity contribution in [3.05, 3.63) is 69.8 Å². The van der Waals surface area contributed by atoms with Crippen molar-refractivity contribution in [2.75, 3.05) is 7.11 Å². The molecule has 1 unspecified atom stereocenters. The second-order valence-corrected chi connectivity index (χ2v) is 7.51. The molecule has 1 N–H and O–H groups in total. The average Bonchev–Trinajstić information content (AvgIpc) is 3.36. The smallest absolute Gasteiger partial charge is 0.161 e. The Balaban J connectivity index is 1.40.